The molecule has 76 valence electrons. The lowest BCUT2D eigenvalue weighted by Gasteiger charge is -2.05. The zero-order chi connectivity index (χ0) is 11.4. The number of nitrogens with zero attached hydrogens (tertiary/aromatic N) is 1. The summed E-state index contributed by atoms with van der Waals surface area (Å²) in [5.74, 6) is -2.65. The van der Waals surface area contributed by atoms with Gasteiger partial charge in [-0.2, -0.15) is 5.26 Å². The van der Waals surface area contributed by atoms with Crippen molar-refractivity contribution >= 4 is 17.4 Å². The molecule has 0 fully saturated rings. The molecular weight excluding hydrogens is 196 g/mol. The van der Waals surface area contributed by atoms with E-state index >= 15 is 0 Å². The second-order valence-corrected chi connectivity index (χ2v) is 2.72. The molecule has 1 aromatic carbocycles. The Morgan fingerprint density at radius 3 is 2.60 bits per heavy atom. The van der Waals surface area contributed by atoms with Gasteiger partial charge in [0.1, 0.15) is 6.07 Å². The summed E-state index contributed by atoms with van der Waals surface area (Å²) in [4.78, 5) is 21.7. The van der Waals surface area contributed by atoms with E-state index in [9.17, 15) is 9.59 Å². The highest BCUT2D eigenvalue weighted by Crippen LogP contribution is 2.18. The second-order valence-electron chi connectivity index (χ2n) is 2.72. The van der Waals surface area contributed by atoms with E-state index in [1.165, 1.54) is 12.1 Å². The van der Waals surface area contributed by atoms with Gasteiger partial charge >= 0.3 is 5.97 Å². The molecule has 0 bridgehead atoms. The minimum absolute atomic E-state index is 0.0485. The first-order chi connectivity index (χ1) is 7.11. The number of nitrogens with one attached hydrogen (secondary N) is 1. The van der Waals surface area contributed by atoms with Gasteiger partial charge in [0.15, 0.2) is 0 Å². The standard InChI is InChI=1S/C10H8N2O3/c1-12-8-4-2-3-6(7(8)5-11)9(13)10(14)15/h2-4,12H,1H3,(H,14,15). The van der Waals surface area contributed by atoms with E-state index < -0.39 is 11.8 Å². The molecule has 0 radical (unpaired) electrons. The maximum atomic E-state index is 11.2. The highest BCUT2D eigenvalue weighted by Gasteiger charge is 2.19. The number of anilines is 1. The van der Waals surface area contributed by atoms with Crippen LogP contribution in [0.25, 0.3) is 0 Å². The fraction of sp³-hybridized carbons (Fsp3) is 0.100. The average molecular weight is 204 g/mol. The minimum Gasteiger partial charge on any atom is -0.475 e. The molecule has 0 saturated carbocycles. The molecule has 5 nitrogen and oxygen atoms in total. The summed E-state index contributed by atoms with van der Waals surface area (Å²) in [6.45, 7) is 0. The molecule has 0 saturated heterocycles. The lowest BCUT2D eigenvalue weighted by molar-refractivity contribution is -0.131. The lowest BCUT2D eigenvalue weighted by Crippen LogP contribution is -2.14. The van der Waals surface area contributed by atoms with Crippen molar-refractivity contribution in [2.45, 2.75) is 0 Å². The highest BCUT2D eigenvalue weighted by molar-refractivity contribution is 6.40. The summed E-state index contributed by atoms with van der Waals surface area (Å²) < 4.78 is 0. The summed E-state index contributed by atoms with van der Waals surface area (Å²) >= 11 is 0. The van der Waals surface area contributed by atoms with Gasteiger partial charge in [-0.25, -0.2) is 4.79 Å². The van der Waals surface area contributed by atoms with Gasteiger partial charge < -0.3 is 10.4 Å². The molecule has 0 atom stereocenters. The number of carbonyl (C=O) groups excluding carboxylic acids is 1. The zero-order valence-electron chi connectivity index (χ0n) is 7.94. The summed E-state index contributed by atoms with van der Waals surface area (Å²) in [6, 6.07) is 6.23. The molecule has 0 aliphatic heterocycles. The molecule has 1 aromatic rings. The fourth-order valence-corrected chi connectivity index (χ4v) is 1.19. The van der Waals surface area contributed by atoms with Crippen molar-refractivity contribution in [2.75, 3.05) is 12.4 Å². The Bertz CT molecular complexity index is 460. The van der Waals surface area contributed by atoms with Crippen LogP contribution in [0.5, 0.6) is 0 Å². The highest BCUT2D eigenvalue weighted by atomic mass is 16.4. The quantitative estimate of drug-likeness (QED) is 0.563. The molecule has 0 aliphatic carbocycles. The predicted molar refractivity (Wildman–Crippen MR) is 52.7 cm³/mol. The van der Waals surface area contributed by atoms with Crippen molar-refractivity contribution in [3.05, 3.63) is 29.3 Å². The minimum atomic E-state index is -1.57. The Hall–Kier alpha value is -2.35. The first-order valence-electron chi connectivity index (χ1n) is 4.10. The molecule has 0 amide bonds. The third kappa shape index (κ3) is 1.94. The number of Topliss-reactive ketones (excluding diaryl/α,β-unsaturated/α-hetero) is 1. The number of rotatable bonds is 3. The van der Waals surface area contributed by atoms with E-state index in [1.807, 2.05) is 0 Å². The molecule has 15 heavy (non-hydrogen) atoms. The van der Waals surface area contributed by atoms with Gasteiger partial charge in [0.25, 0.3) is 5.78 Å². The van der Waals surface area contributed by atoms with E-state index in [0.717, 1.165) is 0 Å². The van der Waals surface area contributed by atoms with Gasteiger partial charge in [-0.15, -0.1) is 0 Å². The van der Waals surface area contributed by atoms with Crippen LogP contribution in [0.2, 0.25) is 0 Å². The van der Waals surface area contributed by atoms with Crippen LogP contribution in [0.4, 0.5) is 5.69 Å². The predicted octanol–water partition coefficient (Wildman–Crippen LogP) is 0.867. The number of benzene rings is 1. The normalized spacial score (nSPS) is 9.07. The van der Waals surface area contributed by atoms with Gasteiger partial charge in [-0.3, -0.25) is 4.79 Å². The SMILES string of the molecule is CNc1cccc(C(=O)C(=O)O)c1C#N. The van der Waals surface area contributed by atoms with E-state index in [0.29, 0.717) is 5.69 Å². The van der Waals surface area contributed by atoms with Crippen LogP contribution >= 0.6 is 0 Å². The number of nitriles is 1. The van der Waals surface area contributed by atoms with Crippen molar-refractivity contribution in [3.8, 4) is 6.07 Å². The van der Waals surface area contributed by atoms with Crippen molar-refractivity contribution in [1.29, 1.82) is 5.26 Å². The lowest BCUT2D eigenvalue weighted by atomic mass is 10.0. The number of hydrogen-bond acceptors (Lipinski definition) is 4. The van der Waals surface area contributed by atoms with Crippen LogP contribution < -0.4 is 5.32 Å². The van der Waals surface area contributed by atoms with Crippen LogP contribution in [-0.4, -0.2) is 23.9 Å². The Morgan fingerprint density at radius 1 is 1.47 bits per heavy atom. The number of carboxylic acid groups (broad SMARTS) is 1. The van der Waals surface area contributed by atoms with E-state index in [-0.39, 0.29) is 11.1 Å². The molecule has 1 rings (SSSR count). The second kappa shape index (κ2) is 4.24. The number of carbonyl (C=O) groups is 2. The monoisotopic (exact) mass is 204 g/mol. The van der Waals surface area contributed by atoms with E-state index in [4.69, 9.17) is 10.4 Å². The van der Waals surface area contributed by atoms with Gasteiger partial charge in [0.05, 0.1) is 11.3 Å². The van der Waals surface area contributed by atoms with Crippen molar-refractivity contribution in [3.63, 3.8) is 0 Å². The molecule has 0 unspecified atom stereocenters. The molecule has 5 heteroatoms. The number of ketones is 1. The average Bonchev–Trinajstić information content (AvgIpc) is 2.26. The Balaban J connectivity index is 3.37. The van der Waals surface area contributed by atoms with Crippen LogP contribution in [-0.2, 0) is 4.79 Å². The third-order valence-electron chi connectivity index (χ3n) is 1.88. The van der Waals surface area contributed by atoms with Crippen LogP contribution in [0.15, 0.2) is 18.2 Å². The molecule has 0 spiro atoms. The summed E-state index contributed by atoms with van der Waals surface area (Å²) in [5.41, 5.74) is 0.383. The van der Waals surface area contributed by atoms with Crippen molar-refractivity contribution in [2.24, 2.45) is 0 Å². The summed E-state index contributed by atoms with van der Waals surface area (Å²) in [5, 5.41) is 20.1. The summed E-state index contributed by atoms with van der Waals surface area (Å²) in [6.07, 6.45) is 0. The van der Waals surface area contributed by atoms with E-state index in [1.54, 1.807) is 19.2 Å². The maximum Gasteiger partial charge on any atom is 0.377 e. The molecular formula is C10H8N2O3. The molecule has 0 aromatic heterocycles. The van der Waals surface area contributed by atoms with Crippen molar-refractivity contribution in [1.82, 2.24) is 0 Å². The first-order valence-corrected chi connectivity index (χ1v) is 4.10. The van der Waals surface area contributed by atoms with Gasteiger partial charge in [-0.05, 0) is 12.1 Å². The fourth-order valence-electron chi connectivity index (χ4n) is 1.19. The van der Waals surface area contributed by atoms with Gasteiger partial charge in [-0.1, -0.05) is 6.07 Å². The van der Waals surface area contributed by atoms with Crippen LogP contribution in [0.1, 0.15) is 15.9 Å². The molecule has 2 N–H and O–H groups in total. The van der Waals surface area contributed by atoms with Crippen LogP contribution in [0, 0.1) is 11.3 Å². The van der Waals surface area contributed by atoms with Crippen molar-refractivity contribution < 1.29 is 14.7 Å². The van der Waals surface area contributed by atoms with Crippen LogP contribution in [0.3, 0.4) is 0 Å². The number of hydrogen-bond donors (Lipinski definition) is 2. The number of carboxylic acids is 1. The smallest absolute Gasteiger partial charge is 0.377 e. The van der Waals surface area contributed by atoms with Gasteiger partial charge in [0, 0.05) is 12.6 Å². The first kappa shape index (κ1) is 10.7. The molecule has 0 aliphatic rings. The molecule has 0 heterocycles. The summed E-state index contributed by atoms with van der Waals surface area (Å²) in [7, 11) is 1.59. The topological polar surface area (TPSA) is 90.2 Å². The zero-order valence-corrected chi connectivity index (χ0v) is 7.94. The Labute approximate surface area is 86.0 Å². The maximum absolute atomic E-state index is 11.2. The Morgan fingerprint density at radius 2 is 2.13 bits per heavy atom. The largest absolute Gasteiger partial charge is 0.475 e. The number of aliphatic carboxylic acids is 1. The Kier molecular flexibility index (Phi) is 3.03. The van der Waals surface area contributed by atoms with Gasteiger partial charge in [0.2, 0.25) is 0 Å². The van der Waals surface area contributed by atoms with E-state index in [2.05, 4.69) is 5.32 Å². The third-order valence-corrected chi connectivity index (χ3v) is 1.88.